The topological polar surface area (TPSA) is 17.1 Å². The van der Waals surface area contributed by atoms with E-state index in [4.69, 9.17) is 0 Å². The van der Waals surface area contributed by atoms with Crippen molar-refractivity contribution in [1.82, 2.24) is 0 Å². The van der Waals surface area contributed by atoms with Gasteiger partial charge in [-0.05, 0) is 38.0 Å². The Hall–Kier alpha value is -0.850. The molecular weight excluding hydrogens is 184 g/mol. The second-order valence-corrected chi connectivity index (χ2v) is 4.80. The van der Waals surface area contributed by atoms with Gasteiger partial charge in [-0.25, -0.2) is 0 Å². The molecule has 0 saturated heterocycles. The minimum absolute atomic E-state index is 0.337. The summed E-state index contributed by atoms with van der Waals surface area (Å²) in [6, 6.07) is 0. The van der Waals surface area contributed by atoms with Crippen LogP contribution in [0.25, 0.3) is 0 Å². The van der Waals surface area contributed by atoms with E-state index in [1.54, 1.807) is 6.08 Å². The highest BCUT2D eigenvalue weighted by Crippen LogP contribution is 2.31. The van der Waals surface area contributed by atoms with Gasteiger partial charge in [-0.2, -0.15) is 0 Å². The molecule has 0 spiro atoms. The van der Waals surface area contributed by atoms with Crippen molar-refractivity contribution in [3.05, 3.63) is 24.3 Å². The Morgan fingerprint density at radius 3 is 3.00 bits per heavy atom. The van der Waals surface area contributed by atoms with Gasteiger partial charge >= 0.3 is 0 Å². The maximum Gasteiger partial charge on any atom is 0.136 e. The molecule has 0 aromatic heterocycles. The van der Waals surface area contributed by atoms with Crippen LogP contribution in [0.2, 0.25) is 0 Å². The van der Waals surface area contributed by atoms with Gasteiger partial charge in [0.25, 0.3) is 0 Å². The maximum atomic E-state index is 11.5. The van der Waals surface area contributed by atoms with E-state index in [1.807, 2.05) is 0 Å². The van der Waals surface area contributed by atoms with Crippen LogP contribution in [-0.4, -0.2) is 5.78 Å². The Balaban J connectivity index is 2.37. The summed E-state index contributed by atoms with van der Waals surface area (Å²) in [6.07, 6.45) is 8.93. The predicted molar refractivity (Wildman–Crippen MR) is 64.7 cm³/mol. The maximum absolute atomic E-state index is 11.5. The summed E-state index contributed by atoms with van der Waals surface area (Å²) in [6.45, 7) is 8.01. The molecule has 15 heavy (non-hydrogen) atoms. The summed E-state index contributed by atoms with van der Waals surface area (Å²) in [5, 5.41) is 0. The first kappa shape index (κ1) is 12.2. The van der Waals surface area contributed by atoms with Gasteiger partial charge in [-0.15, -0.1) is 6.58 Å². The van der Waals surface area contributed by atoms with Gasteiger partial charge in [0.1, 0.15) is 5.78 Å². The van der Waals surface area contributed by atoms with Gasteiger partial charge in [-0.3, -0.25) is 4.79 Å². The number of allylic oxidation sites excluding steroid dienone is 3. The molecule has 0 N–H and O–H groups in total. The molecule has 1 rings (SSSR count). The highest BCUT2D eigenvalue weighted by molar-refractivity contribution is 5.79. The van der Waals surface area contributed by atoms with Gasteiger partial charge in [0, 0.05) is 12.8 Å². The molecule has 1 nitrogen and oxygen atoms in total. The van der Waals surface area contributed by atoms with Crippen molar-refractivity contribution in [3.8, 4) is 0 Å². The number of rotatable bonds is 5. The van der Waals surface area contributed by atoms with E-state index < -0.39 is 0 Å². The predicted octanol–water partition coefficient (Wildman–Crippen LogP) is 3.90. The zero-order valence-corrected chi connectivity index (χ0v) is 9.96. The van der Waals surface area contributed by atoms with Gasteiger partial charge in [0.05, 0.1) is 0 Å². The van der Waals surface area contributed by atoms with E-state index >= 15 is 0 Å². The Bertz CT molecular complexity index is 263. The fraction of sp³-hybridized carbons (Fsp3) is 0.643. The molecule has 0 heterocycles. The van der Waals surface area contributed by atoms with E-state index in [0.29, 0.717) is 24.0 Å². The number of Topliss-reactive ketones (excluding diaryl/α,β-unsaturated/α-hetero) is 1. The average molecular weight is 206 g/mol. The van der Waals surface area contributed by atoms with E-state index in [9.17, 15) is 4.79 Å². The van der Waals surface area contributed by atoms with Crippen molar-refractivity contribution in [1.29, 1.82) is 0 Å². The monoisotopic (exact) mass is 206 g/mol. The Labute approximate surface area is 93.3 Å². The zero-order chi connectivity index (χ0) is 11.3. The van der Waals surface area contributed by atoms with Gasteiger partial charge in [-0.1, -0.05) is 24.6 Å². The van der Waals surface area contributed by atoms with Crippen LogP contribution < -0.4 is 0 Å². The normalized spacial score (nSPS) is 23.1. The van der Waals surface area contributed by atoms with Crippen LogP contribution in [-0.2, 0) is 4.79 Å². The van der Waals surface area contributed by atoms with Crippen molar-refractivity contribution in [3.63, 3.8) is 0 Å². The first-order valence-electron chi connectivity index (χ1n) is 5.91. The van der Waals surface area contributed by atoms with Gasteiger partial charge in [0.15, 0.2) is 0 Å². The molecule has 0 aromatic rings. The minimum Gasteiger partial charge on any atom is -0.299 e. The highest BCUT2D eigenvalue weighted by atomic mass is 16.1. The minimum atomic E-state index is 0.337. The zero-order valence-electron chi connectivity index (χ0n) is 9.96. The first-order valence-corrected chi connectivity index (χ1v) is 5.91. The summed E-state index contributed by atoms with van der Waals surface area (Å²) >= 11 is 0. The van der Waals surface area contributed by atoms with Crippen LogP contribution in [0.1, 0.15) is 46.0 Å². The van der Waals surface area contributed by atoms with Crippen molar-refractivity contribution in [2.24, 2.45) is 11.8 Å². The van der Waals surface area contributed by atoms with Crippen LogP contribution in [0.5, 0.6) is 0 Å². The van der Waals surface area contributed by atoms with Crippen LogP contribution >= 0.6 is 0 Å². The summed E-state index contributed by atoms with van der Waals surface area (Å²) in [7, 11) is 0. The third kappa shape index (κ3) is 4.03. The van der Waals surface area contributed by atoms with Crippen molar-refractivity contribution >= 4 is 5.78 Å². The molecule has 0 saturated carbocycles. The Kier molecular flexibility index (Phi) is 4.80. The van der Waals surface area contributed by atoms with Crippen LogP contribution in [0, 0.1) is 11.8 Å². The quantitative estimate of drug-likeness (QED) is 0.623. The smallest absolute Gasteiger partial charge is 0.136 e. The lowest BCUT2D eigenvalue weighted by molar-refractivity contribution is -0.119. The molecule has 0 aliphatic heterocycles. The molecule has 0 bridgehead atoms. The molecule has 0 amide bonds. The van der Waals surface area contributed by atoms with Crippen LogP contribution in [0.4, 0.5) is 0 Å². The van der Waals surface area contributed by atoms with E-state index in [2.05, 4.69) is 26.5 Å². The molecule has 1 aliphatic rings. The summed E-state index contributed by atoms with van der Waals surface area (Å²) in [5.74, 6) is 1.58. The Morgan fingerprint density at radius 1 is 1.73 bits per heavy atom. The second-order valence-electron chi connectivity index (χ2n) is 4.80. The standard InChI is InChI=1S/C14H22O/c1-4-5-14(15)10-12(3)13-8-6-11(2)7-9-13/h4,6,12-13H,1,5,7-10H2,2-3H3. The van der Waals surface area contributed by atoms with E-state index in [1.165, 1.54) is 18.4 Å². The summed E-state index contributed by atoms with van der Waals surface area (Å²) < 4.78 is 0. The third-order valence-electron chi connectivity index (χ3n) is 3.40. The first-order chi connectivity index (χ1) is 7.13. The van der Waals surface area contributed by atoms with Gasteiger partial charge < -0.3 is 0 Å². The molecular formula is C14H22O. The SMILES string of the molecule is C=CCC(=O)CC(C)C1CC=C(C)CC1. The fourth-order valence-electron chi connectivity index (χ4n) is 2.27. The van der Waals surface area contributed by atoms with Crippen molar-refractivity contribution in [2.75, 3.05) is 0 Å². The third-order valence-corrected chi connectivity index (χ3v) is 3.40. The fourth-order valence-corrected chi connectivity index (χ4v) is 2.27. The summed E-state index contributed by atoms with van der Waals surface area (Å²) in [4.78, 5) is 11.5. The lowest BCUT2D eigenvalue weighted by Gasteiger charge is -2.26. The number of hydrogen-bond acceptors (Lipinski definition) is 1. The lowest BCUT2D eigenvalue weighted by Crippen LogP contribution is -2.17. The largest absolute Gasteiger partial charge is 0.299 e. The highest BCUT2D eigenvalue weighted by Gasteiger charge is 2.20. The average Bonchev–Trinajstić information content (AvgIpc) is 2.18. The molecule has 0 radical (unpaired) electrons. The molecule has 0 aromatic carbocycles. The van der Waals surface area contributed by atoms with E-state index in [-0.39, 0.29) is 0 Å². The second kappa shape index (κ2) is 5.89. The summed E-state index contributed by atoms with van der Waals surface area (Å²) in [5.41, 5.74) is 1.51. The molecule has 0 fully saturated rings. The van der Waals surface area contributed by atoms with Crippen molar-refractivity contribution < 1.29 is 4.79 Å². The lowest BCUT2D eigenvalue weighted by atomic mass is 9.79. The van der Waals surface area contributed by atoms with Crippen LogP contribution in [0.15, 0.2) is 24.3 Å². The van der Waals surface area contributed by atoms with Crippen LogP contribution in [0.3, 0.4) is 0 Å². The number of ketones is 1. The number of carbonyl (C=O) groups is 1. The molecule has 1 aliphatic carbocycles. The molecule has 84 valence electrons. The van der Waals surface area contributed by atoms with Gasteiger partial charge in [0.2, 0.25) is 0 Å². The molecule has 1 heteroatoms. The van der Waals surface area contributed by atoms with Crippen molar-refractivity contribution in [2.45, 2.75) is 46.0 Å². The number of carbonyl (C=O) groups excluding carboxylic acids is 1. The molecule has 2 atom stereocenters. The number of hydrogen-bond donors (Lipinski definition) is 0. The molecule has 2 unspecified atom stereocenters. The van der Waals surface area contributed by atoms with E-state index in [0.717, 1.165) is 12.8 Å². The Morgan fingerprint density at radius 2 is 2.47 bits per heavy atom.